The van der Waals surface area contributed by atoms with E-state index in [4.69, 9.17) is 10.5 Å². The molecule has 0 aliphatic heterocycles. The van der Waals surface area contributed by atoms with Gasteiger partial charge in [0.2, 0.25) is 0 Å². The Morgan fingerprint density at radius 1 is 1.50 bits per heavy atom. The maximum absolute atomic E-state index is 6.04. The molecule has 0 saturated heterocycles. The van der Waals surface area contributed by atoms with E-state index in [-0.39, 0.29) is 0 Å². The molecule has 0 fully saturated rings. The number of hydrogen-bond acceptors (Lipinski definition) is 2. The van der Waals surface area contributed by atoms with Crippen LogP contribution < -0.4 is 10.5 Å². The topological polar surface area (TPSA) is 35.2 Å². The predicted octanol–water partition coefficient (Wildman–Crippen LogP) is 3.30. The van der Waals surface area contributed by atoms with Gasteiger partial charge in [-0.2, -0.15) is 0 Å². The summed E-state index contributed by atoms with van der Waals surface area (Å²) >= 11 is 3.46. The minimum atomic E-state index is 0.845. The van der Waals surface area contributed by atoms with Gasteiger partial charge in [0.1, 0.15) is 5.75 Å². The van der Waals surface area contributed by atoms with E-state index in [2.05, 4.69) is 22.9 Å². The van der Waals surface area contributed by atoms with Crippen LogP contribution in [0.5, 0.6) is 5.75 Å². The Bertz CT molecular complexity index is 337. The van der Waals surface area contributed by atoms with Crippen molar-refractivity contribution in [2.45, 2.75) is 26.7 Å². The summed E-state index contributed by atoms with van der Waals surface area (Å²) in [4.78, 5) is 0. The summed E-state index contributed by atoms with van der Waals surface area (Å²) in [5, 5.41) is 0. The van der Waals surface area contributed by atoms with E-state index in [0.29, 0.717) is 0 Å². The summed E-state index contributed by atoms with van der Waals surface area (Å²) in [7, 11) is 1.68. The predicted molar refractivity (Wildman–Crippen MR) is 63.8 cm³/mol. The average Bonchev–Trinajstić information content (AvgIpc) is 2.19. The number of anilines is 1. The van der Waals surface area contributed by atoms with Crippen molar-refractivity contribution in [2.75, 3.05) is 12.8 Å². The second kappa shape index (κ2) is 4.69. The minimum Gasteiger partial charge on any atom is -0.496 e. The zero-order chi connectivity index (χ0) is 10.7. The molecule has 3 heteroatoms. The second-order valence-corrected chi connectivity index (χ2v) is 4.18. The molecule has 0 bridgehead atoms. The van der Waals surface area contributed by atoms with Gasteiger partial charge in [0.15, 0.2) is 0 Å². The lowest BCUT2D eigenvalue weighted by molar-refractivity contribution is 0.409. The molecule has 14 heavy (non-hydrogen) atoms. The maximum Gasteiger partial charge on any atom is 0.125 e. The Morgan fingerprint density at radius 2 is 2.14 bits per heavy atom. The third kappa shape index (κ3) is 2.03. The lowest BCUT2D eigenvalue weighted by atomic mass is 10.0. The molecule has 0 radical (unpaired) electrons. The lowest BCUT2D eigenvalue weighted by Crippen LogP contribution is -2.01. The summed E-state index contributed by atoms with van der Waals surface area (Å²) in [5.74, 6) is 0.877. The first-order chi connectivity index (χ1) is 6.61. The van der Waals surface area contributed by atoms with Crippen LogP contribution in [-0.2, 0) is 6.42 Å². The Hall–Kier alpha value is -0.700. The van der Waals surface area contributed by atoms with Gasteiger partial charge < -0.3 is 10.5 Å². The van der Waals surface area contributed by atoms with Crippen molar-refractivity contribution in [3.8, 4) is 5.75 Å². The highest BCUT2D eigenvalue weighted by Gasteiger charge is 2.11. The number of nitrogen functional groups attached to an aromatic ring is 1. The molecule has 2 nitrogen and oxygen atoms in total. The van der Waals surface area contributed by atoms with Crippen LogP contribution in [0.3, 0.4) is 0 Å². The molecule has 0 heterocycles. The van der Waals surface area contributed by atoms with E-state index in [9.17, 15) is 0 Å². The minimum absolute atomic E-state index is 0.845. The standard InChI is InChI=1S/C11H16BrNO/c1-4-5-8-10(14-3)6-9(12)7(2)11(8)13/h6H,4-5,13H2,1-3H3. The van der Waals surface area contributed by atoms with Crippen molar-refractivity contribution in [2.24, 2.45) is 0 Å². The number of nitrogens with two attached hydrogens (primary N) is 1. The van der Waals surface area contributed by atoms with E-state index in [1.165, 1.54) is 0 Å². The Morgan fingerprint density at radius 3 is 2.64 bits per heavy atom. The molecule has 0 atom stereocenters. The van der Waals surface area contributed by atoms with Gasteiger partial charge in [-0.1, -0.05) is 29.3 Å². The first kappa shape index (κ1) is 11.4. The molecule has 0 saturated carbocycles. The average molecular weight is 258 g/mol. The number of hydrogen-bond donors (Lipinski definition) is 1. The fourth-order valence-corrected chi connectivity index (χ4v) is 1.91. The number of ether oxygens (including phenoxy) is 1. The highest BCUT2D eigenvalue weighted by Crippen LogP contribution is 2.34. The normalized spacial score (nSPS) is 10.3. The van der Waals surface area contributed by atoms with Gasteiger partial charge in [0.25, 0.3) is 0 Å². The van der Waals surface area contributed by atoms with Gasteiger partial charge in [-0.05, 0) is 25.0 Å². The summed E-state index contributed by atoms with van der Waals surface area (Å²) in [6, 6.07) is 1.98. The molecule has 0 aliphatic rings. The molecular formula is C11H16BrNO. The van der Waals surface area contributed by atoms with Gasteiger partial charge in [-0.3, -0.25) is 0 Å². The van der Waals surface area contributed by atoms with Crippen molar-refractivity contribution in [3.63, 3.8) is 0 Å². The summed E-state index contributed by atoms with van der Waals surface area (Å²) in [6.45, 7) is 4.15. The van der Waals surface area contributed by atoms with E-state index >= 15 is 0 Å². The van der Waals surface area contributed by atoms with Gasteiger partial charge in [-0.25, -0.2) is 0 Å². The molecule has 0 amide bonds. The molecule has 0 unspecified atom stereocenters. The van der Waals surface area contributed by atoms with Crippen LogP contribution >= 0.6 is 15.9 Å². The van der Waals surface area contributed by atoms with Gasteiger partial charge in [-0.15, -0.1) is 0 Å². The molecule has 1 aromatic rings. The fourth-order valence-electron chi connectivity index (χ4n) is 1.49. The Labute approximate surface area is 93.6 Å². The van der Waals surface area contributed by atoms with Crippen LogP contribution in [-0.4, -0.2) is 7.11 Å². The number of rotatable bonds is 3. The van der Waals surface area contributed by atoms with E-state index in [1.807, 2.05) is 13.0 Å². The van der Waals surface area contributed by atoms with Crippen LogP contribution in [0.25, 0.3) is 0 Å². The van der Waals surface area contributed by atoms with Crippen molar-refractivity contribution in [1.29, 1.82) is 0 Å². The van der Waals surface area contributed by atoms with Crippen LogP contribution in [0, 0.1) is 6.92 Å². The molecule has 0 aliphatic carbocycles. The van der Waals surface area contributed by atoms with Gasteiger partial charge in [0.05, 0.1) is 7.11 Å². The zero-order valence-electron chi connectivity index (χ0n) is 8.86. The van der Waals surface area contributed by atoms with Crippen molar-refractivity contribution >= 4 is 21.6 Å². The highest BCUT2D eigenvalue weighted by molar-refractivity contribution is 9.10. The molecule has 78 valence electrons. The van der Waals surface area contributed by atoms with E-state index in [1.54, 1.807) is 7.11 Å². The fraction of sp³-hybridized carbons (Fsp3) is 0.455. The monoisotopic (exact) mass is 257 g/mol. The molecule has 1 rings (SSSR count). The van der Waals surface area contributed by atoms with Crippen LogP contribution in [0.2, 0.25) is 0 Å². The molecule has 2 N–H and O–H groups in total. The number of benzene rings is 1. The number of halogens is 1. The van der Waals surface area contributed by atoms with Gasteiger partial charge >= 0.3 is 0 Å². The Kier molecular flexibility index (Phi) is 3.81. The van der Waals surface area contributed by atoms with Gasteiger partial charge in [0, 0.05) is 15.7 Å². The molecule has 0 aromatic heterocycles. The SMILES string of the molecule is CCCc1c(OC)cc(Br)c(C)c1N. The lowest BCUT2D eigenvalue weighted by Gasteiger charge is -2.14. The summed E-state index contributed by atoms with van der Waals surface area (Å²) in [5.41, 5.74) is 9.09. The van der Waals surface area contributed by atoms with Crippen LogP contribution in [0.1, 0.15) is 24.5 Å². The Balaban J connectivity index is 3.29. The molecule has 0 spiro atoms. The highest BCUT2D eigenvalue weighted by atomic mass is 79.9. The third-order valence-corrected chi connectivity index (χ3v) is 3.19. The first-order valence-electron chi connectivity index (χ1n) is 4.73. The summed E-state index contributed by atoms with van der Waals surface area (Å²) in [6.07, 6.45) is 2.03. The maximum atomic E-state index is 6.04. The van der Waals surface area contributed by atoms with E-state index < -0.39 is 0 Å². The first-order valence-corrected chi connectivity index (χ1v) is 5.52. The zero-order valence-corrected chi connectivity index (χ0v) is 10.4. The smallest absolute Gasteiger partial charge is 0.125 e. The van der Waals surface area contributed by atoms with Crippen LogP contribution in [0.4, 0.5) is 5.69 Å². The third-order valence-electron chi connectivity index (χ3n) is 2.36. The number of methoxy groups -OCH3 is 1. The van der Waals surface area contributed by atoms with Crippen LogP contribution in [0.15, 0.2) is 10.5 Å². The van der Waals surface area contributed by atoms with E-state index in [0.717, 1.165) is 39.9 Å². The summed E-state index contributed by atoms with van der Waals surface area (Å²) < 4.78 is 6.31. The second-order valence-electron chi connectivity index (χ2n) is 3.33. The quantitative estimate of drug-likeness (QED) is 0.844. The van der Waals surface area contributed by atoms with Crippen molar-refractivity contribution < 1.29 is 4.74 Å². The van der Waals surface area contributed by atoms with Crippen molar-refractivity contribution in [3.05, 3.63) is 21.7 Å². The van der Waals surface area contributed by atoms with Crippen molar-refractivity contribution in [1.82, 2.24) is 0 Å². The molecule has 1 aromatic carbocycles. The largest absolute Gasteiger partial charge is 0.496 e. The molecular weight excluding hydrogens is 242 g/mol.